The van der Waals surface area contributed by atoms with Crippen molar-refractivity contribution in [2.24, 2.45) is 5.41 Å². The van der Waals surface area contributed by atoms with Crippen molar-refractivity contribution >= 4 is 40.3 Å². The van der Waals surface area contributed by atoms with E-state index in [2.05, 4.69) is 32.9 Å². The van der Waals surface area contributed by atoms with Crippen LogP contribution in [-0.4, -0.2) is 28.3 Å². The van der Waals surface area contributed by atoms with Crippen molar-refractivity contribution in [3.8, 4) is 11.5 Å². The average Bonchev–Trinajstić information content (AvgIpc) is 2.98. The highest BCUT2D eigenvalue weighted by Crippen LogP contribution is 2.45. The summed E-state index contributed by atoms with van der Waals surface area (Å²) in [6.45, 7) is 11.4. The molecule has 31 heavy (non-hydrogen) atoms. The van der Waals surface area contributed by atoms with Gasteiger partial charge in [0.2, 0.25) is 0 Å². The number of amides is 1. The number of ether oxygens (including phenoxy) is 2. The summed E-state index contributed by atoms with van der Waals surface area (Å²) in [5, 5.41) is 0. The molecule has 4 nitrogen and oxygen atoms in total. The minimum atomic E-state index is -0.182. The minimum absolute atomic E-state index is 0.0642. The van der Waals surface area contributed by atoms with E-state index in [1.54, 1.807) is 4.90 Å². The van der Waals surface area contributed by atoms with Crippen LogP contribution in [0.25, 0.3) is 6.08 Å². The van der Waals surface area contributed by atoms with E-state index >= 15 is 0 Å². The summed E-state index contributed by atoms with van der Waals surface area (Å²) in [7, 11) is 0. The smallest absolute Gasteiger partial charge is 0.266 e. The first-order valence-electron chi connectivity index (χ1n) is 10.5. The van der Waals surface area contributed by atoms with Gasteiger partial charge in [-0.15, -0.1) is 0 Å². The molecule has 1 aliphatic rings. The molecule has 164 valence electrons. The first-order valence-corrected chi connectivity index (χ1v) is 11.7. The van der Waals surface area contributed by atoms with Gasteiger partial charge in [0, 0.05) is 0 Å². The Bertz CT molecular complexity index is 980. The third kappa shape index (κ3) is 5.31. The van der Waals surface area contributed by atoms with Gasteiger partial charge in [-0.3, -0.25) is 9.69 Å². The lowest BCUT2D eigenvalue weighted by Gasteiger charge is -2.37. The molecule has 0 bridgehead atoms. The largest absolute Gasteiger partial charge is 0.490 e. The van der Waals surface area contributed by atoms with E-state index < -0.39 is 0 Å². The number of nitrogens with zero attached hydrogens (tertiary/aromatic N) is 1. The van der Waals surface area contributed by atoms with Crippen molar-refractivity contribution < 1.29 is 14.3 Å². The molecule has 0 aromatic heterocycles. The molecule has 1 heterocycles. The molecule has 1 saturated heterocycles. The van der Waals surface area contributed by atoms with Crippen LogP contribution in [-0.2, 0) is 4.79 Å². The first kappa shape index (κ1) is 23.4. The summed E-state index contributed by atoms with van der Waals surface area (Å²) < 4.78 is 11.9. The third-order valence-corrected chi connectivity index (χ3v) is 6.21. The van der Waals surface area contributed by atoms with Gasteiger partial charge in [-0.05, 0) is 48.6 Å². The third-order valence-electron chi connectivity index (χ3n) is 4.88. The Balaban J connectivity index is 1.95. The molecule has 0 N–H and O–H groups in total. The zero-order valence-electron chi connectivity index (χ0n) is 18.7. The molecule has 2 aromatic carbocycles. The fraction of sp³-hybridized carbons (Fsp3) is 0.360. The van der Waals surface area contributed by atoms with Crippen LogP contribution >= 0.6 is 24.0 Å². The van der Waals surface area contributed by atoms with Crippen molar-refractivity contribution in [1.82, 2.24) is 4.90 Å². The number of rotatable bonds is 7. The van der Waals surface area contributed by atoms with Crippen LogP contribution in [0.1, 0.15) is 51.8 Å². The van der Waals surface area contributed by atoms with Gasteiger partial charge in [0.05, 0.1) is 24.2 Å². The van der Waals surface area contributed by atoms with Crippen LogP contribution in [0, 0.1) is 5.41 Å². The number of carbonyl (C=O) groups excluding carboxylic acids is 1. The van der Waals surface area contributed by atoms with E-state index in [-0.39, 0.29) is 17.4 Å². The molecule has 2 aromatic rings. The zero-order chi connectivity index (χ0) is 22.6. The van der Waals surface area contributed by atoms with Crippen molar-refractivity contribution in [2.75, 3.05) is 13.2 Å². The van der Waals surface area contributed by atoms with E-state index in [4.69, 9.17) is 21.7 Å². The standard InChI is InChI=1S/C25H29NO3S2/c1-6-28-19-14-13-17(15-20(19)29-7-2)16-21-23(27)26(24(30)31-21)22(25(3,4)5)18-11-9-8-10-12-18/h8-16,22H,6-7H2,1-5H3/b21-16-. The van der Waals surface area contributed by atoms with E-state index in [9.17, 15) is 4.79 Å². The molecule has 0 saturated carbocycles. The van der Waals surface area contributed by atoms with Crippen LogP contribution in [0.3, 0.4) is 0 Å². The van der Waals surface area contributed by atoms with Gasteiger partial charge >= 0.3 is 0 Å². The summed E-state index contributed by atoms with van der Waals surface area (Å²) in [6, 6.07) is 15.6. The van der Waals surface area contributed by atoms with E-state index in [0.29, 0.717) is 33.9 Å². The van der Waals surface area contributed by atoms with Crippen molar-refractivity contribution in [1.29, 1.82) is 0 Å². The number of thiocarbonyl (C=S) groups is 1. The molecule has 1 unspecified atom stereocenters. The van der Waals surface area contributed by atoms with Crippen molar-refractivity contribution in [3.05, 3.63) is 64.6 Å². The summed E-state index contributed by atoms with van der Waals surface area (Å²) in [6.07, 6.45) is 1.88. The molecular formula is C25H29NO3S2. The van der Waals surface area contributed by atoms with Crippen LogP contribution in [0.4, 0.5) is 0 Å². The molecular weight excluding hydrogens is 426 g/mol. The highest BCUT2D eigenvalue weighted by Gasteiger charge is 2.42. The van der Waals surface area contributed by atoms with Crippen molar-refractivity contribution in [3.63, 3.8) is 0 Å². The number of thioether (sulfide) groups is 1. The maximum absolute atomic E-state index is 13.5. The molecule has 3 rings (SSSR count). The van der Waals surface area contributed by atoms with Crippen LogP contribution in [0.5, 0.6) is 11.5 Å². The van der Waals surface area contributed by atoms with E-state index in [1.807, 2.05) is 56.3 Å². The maximum atomic E-state index is 13.5. The lowest BCUT2D eigenvalue weighted by molar-refractivity contribution is -0.125. The van der Waals surface area contributed by atoms with Crippen LogP contribution in [0.2, 0.25) is 0 Å². The predicted octanol–water partition coefficient (Wildman–Crippen LogP) is 6.47. The second kappa shape index (κ2) is 9.88. The Hall–Kier alpha value is -2.31. The topological polar surface area (TPSA) is 38.8 Å². The van der Waals surface area contributed by atoms with Crippen molar-refractivity contribution in [2.45, 2.75) is 40.7 Å². The lowest BCUT2D eigenvalue weighted by Crippen LogP contribution is -2.39. The summed E-state index contributed by atoms with van der Waals surface area (Å²) in [5.74, 6) is 1.31. The van der Waals surface area contributed by atoms with E-state index in [0.717, 1.165) is 11.1 Å². The Labute approximate surface area is 194 Å². The van der Waals surface area contributed by atoms with Crippen LogP contribution < -0.4 is 9.47 Å². The Morgan fingerprint density at radius 2 is 1.68 bits per heavy atom. The molecule has 1 amide bonds. The number of hydrogen-bond acceptors (Lipinski definition) is 5. The number of benzene rings is 2. The minimum Gasteiger partial charge on any atom is -0.490 e. The molecule has 6 heteroatoms. The first-order chi connectivity index (χ1) is 14.8. The van der Waals surface area contributed by atoms with Gasteiger partial charge in [0.1, 0.15) is 4.32 Å². The summed E-state index contributed by atoms with van der Waals surface area (Å²) >= 11 is 7.01. The molecule has 1 aliphatic heterocycles. The number of carbonyl (C=O) groups is 1. The highest BCUT2D eigenvalue weighted by molar-refractivity contribution is 8.26. The van der Waals surface area contributed by atoms with Crippen LogP contribution in [0.15, 0.2) is 53.4 Å². The lowest BCUT2D eigenvalue weighted by atomic mass is 9.81. The SMILES string of the molecule is CCOc1ccc(/C=C2\SC(=S)N(C(c3ccccc3)C(C)(C)C)C2=O)cc1OCC. The van der Waals surface area contributed by atoms with Gasteiger partial charge in [0.15, 0.2) is 11.5 Å². The monoisotopic (exact) mass is 455 g/mol. The average molecular weight is 456 g/mol. The van der Waals surface area contributed by atoms with E-state index in [1.165, 1.54) is 11.8 Å². The fourth-order valence-corrected chi connectivity index (χ4v) is 5.00. The highest BCUT2D eigenvalue weighted by atomic mass is 32.2. The Kier molecular flexibility index (Phi) is 7.44. The molecule has 1 atom stereocenters. The predicted molar refractivity (Wildman–Crippen MR) is 132 cm³/mol. The molecule has 0 aliphatic carbocycles. The van der Waals surface area contributed by atoms with Gasteiger partial charge in [0.25, 0.3) is 5.91 Å². The molecule has 0 spiro atoms. The number of hydrogen-bond donors (Lipinski definition) is 0. The zero-order valence-corrected chi connectivity index (χ0v) is 20.3. The normalized spacial score (nSPS) is 16.7. The Morgan fingerprint density at radius 1 is 1.03 bits per heavy atom. The fourth-order valence-electron chi connectivity index (χ4n) is 3.68. The maximum Gasteiger partial charge on any atom is 0.266 e. The second-order valence-corrected chi connectivity index (χ2v) is 9.98. The summed E-state index contributed by atoms with van der Waals surface area (Å²) in [5.41, 5.74) is 1.77. The molecule has 1 fully saturated rings. The Morgan fingerprint density at radius 3 is 2.29 bits per heavy atom. The van der Waals surface area contributed by atoms with Gasteiger partial charge < -0.3 is 9.47 Å². The van der Waals surface area contributed by atoms with Gasteiger partial charge in [-0.1, -0.05) is 81.1 Å². The quantitative estimate of drug-likeness (QED) is 0.353. The molecule has 0 radical (unpaired) electrons. The van der Waals surface area contributed by atoms with Gasteiger partial charge in [-0.2, -0.15) is 0 Å². The second-order valence-electron chi connectivity index (χ2n) is 8.30. The summed E-state index contributed by atoms with van der Waals surface area (Å²) in [4.78, 5) is 15.8. The van der Waals surface area contributed by atoms with Gasteiger partial charge in [-0.25, -0.2) is 0 Å².